The van der Waals surface area contributed by atoms with Crippen molar-refractivity contribution in [2.24, 2.45) is 5.84 Å². The molecule has 1 aromatic rings. The SMILES string of the molecule is Cc1c(N)ncnc1NN. The van der Waals surface area contributed by atoms with E-state index in [1.807, 2.05) is 0 Å². The number of nitrogens with two attached hydrogens (primary N) is 2. The van der Waals surface area contributed by atoms with Crippen LogP contribution < -0.4 is 17.0 Å². The highest BCUT2D eigenvalue weighted by atomic mass is 15.3. The summed E-state index contributed by atoms with van der Waals surface area (Å²) in [5.74, 6) is 6.13. The molecule has 54 valence electrons. The van der Waals surface area contributed by atoms with E-state index in [1.54, 1.807) is 6.92 Å². The van der Waals surface area contributed by atoms with Gasteiger partial charge in [-0.2, -0.15) is 0 Å². The highest BCUT2D eigenvalue weighted by Gasteiger charge is 1.99. The third-order valence-electron chi connectivity index (χ3n) is 1.26. The summed E-state index contributed by atoms with van der Waals surface area (Å²) in [6.07, 6.45) is 1.36. The van der Waals surface area contributed by atoms with Crippen LogP contribution in [0.3, 0.4) is 0 Å². The first-order valence-corrected chi connectivity index (χ1v) is 2.79. The zero-order chi connectivity index (χ0) is 7.56. The highest BCUT2D eigenvalue weighted by Crippen LogP contribution is 2.12. The summed E-state index contributed by atoms with van der Waals surface area (Å²) in [4.78, 5) is 7.59. The molecule has 1 aromatic heterocycles. The van der Waals surface area contributed by atoms with Gasteiger partial charge in [-0.05, 0) is 6.92 Å². The quantitative estimate of drug-likeness (QED) is 0.365. The minimum Gasteiger partial charge on any atom is -0.383 e. The number of nitrogens with one attached hydrogen (secondary N) is 1. The van der Waals surface area contributed by atoms with E-state index in [0.717, 1.165) is 5.56 Å². The summed E-state index contributed by atoms with van der Waals surface area (Å²) in [6, 6.07) is 0. The number of nitrogens with zero attached hydrogens (tertiary/aromatic N) is 2. The lowest BCUT2D eigenvalue weighted by molar-refractivity contribution is 1.11. The van der Waals surface area contributed by atoms with Gasteiger partial charge in [-0.15, -0.1) is 0 Å². The minimum absolute atomic E-state index is 0.447. The molecule has 0 spiro atoms. The summed E-state index contributed by atoms with van der Waals surface area (Å²) in [7, 11) is 0. The van der Waals surface area contributed by atoms with Gasteiger partial charge < -0.3 is 11.2 Å². The van der Waals surface area contributed by atoms with E-state index in [0.29, 0.717) is 11.6 Å². The second-order valence-electron chi connectivity index (χ2n) is 1.88. The predicted octanol–water partition coefficient (Wildman–Crippen LogP) is -0.347. The second kappa shape index (κ2) is 2.49. The van der Waals surface area contributed by atoms with E-state index in [2.05, 4.69) is 15.4 Å². The van der Waals surface area contributed by atoms with Crippen LogP contribution in [-0.4, -0.2) is 9.97 Å². The van der Waals surface area contributed by atoms with Gasteiger partial charge in [-0.25, -0.2) is 15.8 Å². The summed E-state index contributed by atoms with van der Waals surface area (Å²) < 4.78 is 0. The summed E-state index contributed by atoms with van der Waals surface area (Å²) in [5, 5.41) is 0. The van der Waals surface area contributed by atoms with E-state index in [4.69, 9.17) is 11.6 Å². The number of hydrogen-bond acceptors (Lipinski definition) is 5. The number of hydrazine groups is 1. The fraction of sp³-hybridized carbons (Fsp3) is 0.200. The van der Waals surface area contributed by atoms with Crippen molar-refractivity contribution < 1.29 is 0 Å². The number of anilines is 2. The van der Waals surface area contributed by atoms with Crippen LogP contribution in [0.1, 0.15) is 5.56 Å². The average molecular weight is 139 g/mol. The number of hydrogen-bond donors (Lipinski definition) is 3. The number of rotatable bonds is 1. The van der Waals surface area contributed by atoms with Crippen molar-refractivity contribution in [1.82, 2.24) is 9.97 Å². The Bertz CT molecular complexity index is 233. The van der Waals surface area contributed by atoms with Crippen LogP contribution in [0.5, 0.6) is 0 Å². The van der Waals surface area contributed by atoms with Crippen LogP contribution in [0, 0.1) is 6.92 Å². The minimum atomic E-state index is 0.447. The molecule has 0 aliphatic heterocycles. The molecule has 5 heteroatoms. The molecule has 0 saturated carbocycles. The maximum atomic E-state index is 5.45. The van der Waals surface area contributed by atoms with Gasteiger partial charge in [0, 0.05) is 5.56 Å². The van der Waals surface area contributed by atoms with E-state index in [-0.39, 0.29) is 0 Å². The lowest BCUT2D eigenvalue weighted by Gasteiger charge is -2.03. The van der Waals surface area contributed by atoms with Crippen molar-refractivity contribution in [2.75, 3.05) is 11.2 Å². The lowest BCUT2D eigenvalue weighted by atomic mass is 10.3. The van der Waals surface area contributed by atoms with Crippen LogP contribution in [0.2, 0.25) is 0 Å². The first kappa shape index (κ1) is 6.76. The normalized spacial score (nSPS) is 9.40. The Morgan fingerprint density at radius 1 is 1.50 bits per heavy atom. The van der Waals surface area contributed by atoms with Crippen LogP contribution >= 0.6 is 0 Å². The van der Waals surface area contributed by atoms with E-state index in [1.165, 1.54) is 6.33 Å². The molecule has 0 fully saturated rings. The molecule has 1 heterocycles. The van der Waals surface area contributed by atoms with E-state index in [9.17, 15) is 0 Å². The zero-order valence-electron chi connectivity index (χ0n) is 5.63. The monoisotopic (exact) mass is 139 g/mol. The van der Waals surface area contributed by atoms with Gasteiger partial charge in [0.25, 0.3) is 0 Å². The molecule has 0 aliphatic rings. The van der Waals surface area contributed by atoms with Gasteiger partial charge in [0.2, 0.25) is 0 Å². The molecule has 5 N–H and O–H groups in total. The Morgan fingerprint density at radius 2 is 2.20 bits per heavy atom. The van der Waals surface area contributed by atoms with Crippen molar-refractivity contribution in [3.63, 3.8) is 0 Å². The first-order valence-electron chi connectivity index (χ1n) is 2.79. The molecule has 10 heavy (non-hydrogen) atoms. The highest BCUT2D eigenvalue weighted by molar-refractivity contribution is 5.52. The molecule has 0 amide bonds. The zero-order valence-corrected chi connectivity index (χ0v) is 5.63. The van der Waals surface area contributed by atoms with Crippen molar-refractivity contribution in [3.8, 4) is 0 Å². The molecule has 0 atom stereocenters. The first-order chi connectivity index (χ1) is 4.75. The van der Waals surface area contributed by atoms with Gasteiger partial charge in [0.05, 0.1) is 0 Å². The Morgan fingerprint density at radius 3 is 2.70 bits per heavy atom. The maximum Gasteiger partial charge on any atom is 0.148 e. The largest absolute Gasteiger partial charge is 0.383 e. The van der Waals surface area contributed by atoms with E-state index < -0.39 is 0 Å². The molecule has 0 saturated heterocycles. The smallest absolute Gasteiger partial charge is 0.148 e. The summed E-state index contributed by atoms with van der Waals surface area (Å²) in [5.41, 5.74) is 8.62. The average Bonchev–Trinajstić information content (AvgIpc) is 1.95. The maximum absolute atomic E-state index is 5.45. The fourth-order valence-corrected chi connectivity index (χ4v) is 0.609. The van der Waals surface area contributed by atoms with Crippen molar-refractivity contribution in [1.29, 1.82) is 0 Å². The van der Waals surface area contributed by atoms with Gasteiger partial charge in [-0.3, -0.25) is 0 Å². The predicted molar refractivity (Wildman–Crippen MR) is 39.0 cm³/mol. The third kappa shape index (κ3) is 0.985. The molecule has 0 aliphatic carbocycles. The van der Waals surface area contributed by atoms with Crippen molar-refractivity contribution in [3.05, 3.63) is 11.9 Å². The third-order valence-corrected chi connectivity index (χ3v) is 1.26. The number of aromatic nitrogens is 2. The van der Waals surface area contributed by atoms with Gasteiger partial charge in [-0.1, -0.05) is 0 Å². The fourth-order valence-electron chi connectivity index (χ4n) is 0.609. The lowest BCUT2D eigenvalue weighted by Crippen LogP contribution is -2.11. The molecular formula is C5H9N5. The summed E-state index contributed by atoms with van der Waals surface area (Å²) in [6.45, 7) is 1.80. The molecule has 0 bridgehead atoms. The topological polar surface area (TPSA) is 89.8 Å². The molecular weight excluding hydrogens is 130 g/mol. The molecule has 1 rings (SSSR count). The molecule has 0 unspecified atom stereocenters. The Balaban J connectivity index is 3.14. The van der Waals surface area contributed by atoms with Gasteiger partial charge in [0.15, 0.2) is 0 Å². The van der Waals surface area contributed by atoms with Gasteiger partial charge in [0.1, 0.15) is 18.0 Å². The molecule has 0 aromatic carbocycles. The molecule has 5 nitrogen and oxygen atoms in total. The van der Waals surface area contributed by atoms with Gasteiger partial charge >= 0.3 is 0 Å². The standard InChI is InChI=1S/C5H9N5/c1-3-4(6)8-2-9-5(3)10-7/h2H,7H2,1H3,(H3,6,8,9,10). The Hall–Kier alpha value is -1.36. The van der Waals surface area contributed by atoms with Crippen LogP contribution in [0.4, 0.5) is 11.6 Å². The van der Waals surface area contributed by atoms with Crippen LogP contribution in [0.15, 0.2) is 6.33 Å². The number of nitrogen functional groups attached to an aromatic ring is 2. The van der Waals surface area contributed by atoms with Crippen molar-refractivity contribution in [2.45, 2.75) is 6.92 Å². The van der Waals surface area contributed by atoms with Crippen molar-refractivity contribution >= 4 is 11.6 Å². The molecule has 0 radical (unpaired) electrons. The van der Waals surface area contributed by atoms with E-state index >= 15 is 0 Å². The van der Waals surface area contributed by atoms with Crippen LogP contribution in [0.25, 0.3) is 0 Å². The van der Waals surface area contributed by atoms with Crippen LogP contribution in [-0.2, 0) is 0 Å². The Kier molecular flexibility index (Phi) is 1.68. The Labute approximate surface area is 58.4 Å². The summed E-state index contributed by atoms with van der Waals surface area (Å²) >= 11 is 0. The second-order valence-corrected chi connectivity index (χ2v) is 1.88.